The van der Waals surface area contributed by atoms with Crippen molar-refractivity contribution in [2.75, 3.05) is 4.72 Å². The normalized spacial score (nSPS) is 10.8. The van der Waals surface area contributed by atoms with Gasteiger partial charge in [-0.1, -0.05) is 12.1 Å². The predicted molar refractivity (Wildman–Crippen MR) is 76.3 cm³/mol. The third-order valence-electron chi connectivity index (χ3n) is 2.38. The van der Waals surface area contributed by atoms with Crippen molar-refractivity contribution >= 4 is 31.8 Å². The highest BCUT2D eigenvalue weighted by atomic mass is 79.9. The maximum atomic E-state index is 12.1. The van der Waals surface area contributed by atoms with Crippen LogP contribution in [0.3, 0.4) is 0 Å². The molecule has 1 aromatic carbocycles. The number of nitriles is 1. The number of hydrogen-bond acceptors (Lipinski definition) is 5. The van der Waals surface area contributed by atoms with E-state index in [9.17, 15) is 8.42 Å². The molecule has 20 heavy (non-hydrogen) atoms. The van der Waals surface area contributed by atoms with E-state index in [0.717, 1.165) is 5.56 Å². The van der Waals surface area contributed by atoms with E-state index in [1.807, 2.05) is 6.07 Å². The van der Waals surface area contributed by atoms with E-state index in [1.165, 1.54) is 24.5 Å². The van der Waals surface area contributed by atoms with Crippen LogP contribution in [0.5, 0.6) is 0 Å². The van der Waals surface area contributed by atoms with Crippen LogP contribution in [0.2, 0.25) is 0 Å². The van der Waals surface area contributed by atoms with Gasteiger partial charge in [-0.05, 0) is 33.6 Å². The van der Waals surface area contributed by atoms with Crippen molar-refractivity contribution in [2.24, 2.45) is 0 Å². The van der Waals surface area contributed by atoms with Crippen LogP contribution >= 0.6 is 15.9 Å². The van der Waals surface area contributed by atoms with Crippen molar-refractivity contribution in [3.8, 4) is 6.07 Å². The van der Waals surface area contributed by atoms with E-state index in [1.54, 1.807) is 12.1 Å². The Morgan fingerprint density at radius 3 is 2.45 bits per heavy atom. The molecule has 0 bridgehead atoms. The van der Waals surface area contributed by atoms with Gasteiger partial charge in [0.15, 0.2) is 5.82 Å². The van der Waals surface area contributed by atoms with Crippen molar-refractivity contribution in [1.82, 2.24) is 9.97 Å². The third kappa shape index (κ3) is 3.53. The summed E-state index contributed by atoms with van der Waals surface area (Å²) in [6.45, 7) is 0. The van der Waals surface area contributed by atoms with E-state index < -0.39 is 10.0 Å². The minimum Gasteiger partial charge on any atom is -0.262 e. The molecule has 0 fully saturated rings. The summed E-state index contributed by atoms with van der Waals surface area (Å²) in [6, 6.07) is 8.10. The zero-order valence-corrected chi connectivity index (χ0v) is 12.5. The molecule has 0 amide bonds. The van der Waals surface area contributed by atoms with Crippen LogP contribution in [0, 0.1) is 11.3 Å². The minimum atomic E-state index is -3.71. The van der Waals surface area contributed by atoms with Crippen molar-refractivity contribution in [3.63, 3.8) is 0 Å². The summed E-state index contributed by atoms with van der Waals surface area (Å²) < 4.78 is 27.0. The van der Waals surface area contributed by atoms with Crippen molar-refractivity contribution in [3.05, 3.63) is 46.8 Å². The highest BCUT2D eigenvalue weighted by Gasteiger charge is 2.14. The number of halogens is 1. The standard InChI is InChI=1S/C12H9BrN4O2S/c13-11-7-16-12(8-15-11)17-20(18,19)10-3-1-9(2-4-10)5-6-14/h1-4,7-8H,5H2,(H,16,17). The Hall–Kier alpha value is -1.98. The molecule has 0 radical (unpaired) electrons. The van der Waals surface area contributed by atoms with Crippen LogP contribution < -0.4 is 4.72 Å². The molecular formula is C12H9BrN4O2S. The predicted octanol–water partition coefficient (Wildman–Crippen LogP) is 2.11. The van der Waals surface area contributed by atoms with Crippen LogP contribution in [0.1, 0.15) is 5.56 Å². The first-order valence-electron chi connectivity index (χ1n) is 5.47. The minimum absolute atomic E-state index is 0.101. The lowest BCUT2D eigenvalue weighted by Gasteiger charge is -2.07. The van der Waals surface area contributed by atoms with Crippen LogP contribution in [0.4, 0.5) is 5.82 Å². The van der Waals surface area contributed by atoms with Gasteiger partial charge >= 0.3 is 0 Å². The highest BCUT2D eigenvalue weighted by molar-refractivity contribution is 9.10. The lowest BCUT2D eigenvalue weighted by Crippen LogP contribution is -2.14. The first-order valence-corrected chi connectivity index (χ1v) is 7.75. The van der Waals surface area contributed by atoms with Gasteiger partial charge in [-0.15, -0.1) is 0 Å². The largest absolute Gasteiger partial charge is 0.263 e. The van der Waals surface area contributed by atoms with Crippen molar-refractivity contribution in [1.29, 1.82) is 5.26 Å². The lowest BCUT2D eigenvalue weighted by molar-refractivity contribution is 0.601. The van der Waals surface area contributed by atoms with Gasteiger partial charge in [0.05, 0.1) is 29.8 Å². The topological polar surface area (TPSA) is 95.7 Å². The Balaban J connectivity index is 2.22. The average Bonchev–Trinajstić information content (AvgIpc) is 2.42. The molecular weight excluding hydrogens is 344 g/mol. The van der Waals surface area contributed by atoms with E-state index in [4.69, 9.17) is 5.26 Å². The number of sulfonamides is 1. The van der Waals surface area contributed by atoms with Gasteiger partial charge in [0.1, 0.15) is 4.60 Å². The average molecular weight is 353 g/mol. The number of nitrogens with one attached hydrogen (secondary N) is 1. The maximum absolute atomic E-state index is 12.1. The van der Waals surface area contributed by atoms with Gasteiger partial charge in [0, 0.05) is 0 Å². The molecule has 102 valence electrons. The molecule has 0 aliphatic rings. The smallest absolute Gasteiger partial charge is 0.262 e. The molecule has 8 heteroatoms. The Bertz CT molecular complexity index is 737. The number of rotatable bonds is 4. The van der Waals surface area contributed by atoms with Crippen LogP contribution in [0.15, 0.2) is 46.2 Å². The Kier molecular flexibility index (Phi) is 4.32. The number of hydrogen-bond donors (Lipinski definition) is 1. The van der Waals surface area contributed by atoms with Gasteiger partial charge in [-0.25, -0.2) is 18.4 Å². The molecule has 0 unspecified atom stereocenters. The summed E-state index contributed by atoms with van der Waals surface area (Å²) >= 11 is 3.12. The van der Waals surface area contributed by atoms with Crippen LogP contribution in [-0.4, -0.2) is 18.4 Å². The molecule has 0 saturated heterocycles. The fourth-order valence-corrected chi connectivity index (χ4v) is 2.64. The van der Waals surface area contributed by atoms with E-state index in [0.29, 0.717) is 4.60 Å². The van der Waals surface area contributed by atoms with E-state index >= 15 is 0 Å². The Morgan fingerprint density at radius 1 is 1.20 bits per heavy atom. The maximum Gasteiger partial charge on any atom is 0.263 e. The second kappa shape index (κ2) is 5.98. The van der Waals surface area contributed by atoms with Gasteiger partial charge in [0.25, 0.3) is 10.0 Å². The fourth-order valence-electron chi connectivity index (χ4n) is 1.44. The number of nitrogens with zero attached hydrogens (tertiary/aromatic N) is 3. The molecule has 0 atom stereocenters. The van der Waals surface area contributed by atoms with E-state index in [2.05, 4.69) is 30.6 Å². The summed E-state index contributed by atoms with van der Waals surface area (Å²) in [7, 11) is -3.71. The molecule has 0 spiro atoms. The van der Waals surface area contributed by atoms with Gasteiger partial charge in [0.2, 0.25) is 0 Å². The number of anilines is 1. The monoisotopic (exact) mass is 352 g/mol. The summed E-state index contributed by atoms with van der Waals surface area (Å²) in [5.74, 6) is 0.134. The number of benzene rings is 1. The zero-order chi connectivity index (χ0) is 14.6. The zero-order valence-electron chi connectivity index (χ0n) is 10.1. The molecule has 6 nitrogen and oxygen atoms in total. The molecule has 1 N–H and O–H groups in total. The van der Waals surface area contributed by atoms with Gasteiger partial charge in [-0.2, -0.15) is 5.26 Å². The summed E-state index contributed by atoms with van der Waals surface area (Å²) in [4.78, 5) is 7.88. The molecule has 1 aromatic heterocycles. The summed E-state index contributed by atoms with van der Waals surface area (Å²) in [5.41, 5.74) is 0.759. The highest BCUT2D eigenvalue weighted by Crippen LogP contribution is 2.15. The van der Waals surface area contributed by atoms with Crippen LogP contribution in [-0.2, 0) is 16.4 Å². The first-order chi connectivity index (χ1) is 9.51. The van der Waals surface area contributed by atoms with Gasteiger partial charge in [-0.3, -0.25) is 4.72 Å². The van der Waals surface area contributed by atoms with Crippen LogP contribution in [0.25, 0.3) is 0 Å². The fraction of sp³-hybridized carbons (Fsp3) is 0.0833. The summed E-state index contributed by atoms with van der Waals surface area (Å²) in [6.07, 6.45) is 2.95. The molecule has 0 aliphatic heterocycles. The molecule has 2 aromatic rings. The molecule has 1 heterocycles. The SMILES string of the molecule is N#CCc1ccc(S(=O)(=O)Nc2cnc(Br)cn2)cc1. The van der Waals surface area contributed by atoms with Gasteiger partial charge < -0.3 is 0 Å². The quantitative estimate of drug-likeness (QED) is 0.908. The Morgan fingerprint density at radius 2 is 1.90 bits per heavy atom. The van der Waals surface area contributed by atoms with Crippen molar-refractivity contribution < 1.29 is 8.42 Å². The molecule has 2 rings (SSSR count). The lowest BCUT2D eigenvalue weighted by atomic mass is 10.2. The second-order valence-corrected chi connectivity index (χ2v) is 6.30. The Labute approximate surface area is 124 Å². The first kappa shape index (κ1) is 14.4. The molecule has 0 saturated carbocycles. The third-order valence-corrected chi connectivity index (χ3v) is 4.16. The number of aromatic nitrogens is 2. The van der Waals surface area contributed by atoms with Crippen molar-refractivity contribution in [2.45, 2.75) is 11.3 Å². The summed E-state index contributed by atoms with van der Waals surface area (Å²) in [5, 5.41) is 8.57. The van der Waals surface area contributed by atoms with E-state index in [-0.39, 0.29) is 17.1 Å². The second-order valence-electron chi connectivity index (χ2n) is 3.81. The molecule has 0 aliphatic carbocycles.